The first kappa shape index (κ1) is 10.9. The average molecular weight is 272 g/mol. The summed E-state index contributed by atoms with van der Waals surface area (Å²) in [5.41, 5.74) is 0. The Morgan fingerprint density at radius 2 is 1.24 bits per heavy atom. The van der Waals surface area contributed by atoms with Crippen LogP contribution in [0.4, 0.5) is 0 Å². The maximum Gasteiger partial charge on any atom is 0.116 e. The number of rotatable bonds is 0. The van der Waals surface area contributed by atoms with Gasteiger partial charge in [-0.1, -0.05) is 48.5 Å². The molecule has 0 aliphatic carbocycles. The van der Waals surface area contributed by atoms with E-state index in [0.717, 1.165) is 5.39 Å². The maximum atomic E-state index is 9.73. The topological polar surface area (TPSA) is 20.2 Å². The Hall–Kier alpha value is -2.80. The molecule has 1 nitrogen and oxygen atoms in total. The molecule has 0 aliphatic heterocycles. The molecule has 0 atom stereocenters. The summed E-state index contributed by atoms with van der Waals surface area (Å²) in [6.07, 6.45) is 0. The van der Waals surface area contributed by atoms with E-state index in [1.807, 2.05) is 12.1 Å². The number of hydrogen-bond donors (Lipinski definition) is 1. The molecule has 0 unspecified atom stereocenters. The molecule has 0 aliphatic rings. The maximum absolute atomic E-state index is 9.73. The Morgan fingerprint density at radius 3 is 2.10 bits per heavy atom. The number of benzene rings is 5. The van der Waals surface area contributed by atoms with Crippen molar-refractivity contribution in [1.29, 1.82) is 0 Å². The van der Waals surface area contributed by atoms with E-state index in [1.165, 1.54) is 37.7 Å². The van der Waals surface area contributed by atoms with Gasteiger partial charge in [0.15, 0.2) is 0 Å². The Morgan fingerprint density at radius 1 is 0.524 bits per heavy atom. The molecule has 0 saturated carbocycles. The summed E-state index contributed by atoms with van der Waals surface area (Å²) in [6.45, 7) is 0. The van der Waals surface area contributed by atoms with E-state index in [4.69, 9.17) is 0 Å². The highest BCUT2D eigenvalue weighted by atomic mass is 16.3. The second-order valence-electron chi connectivity index (χ2n) is 5.64. The first-order chi connectivity index (χ1) is 10.3. The molecule has 0 spiro atoms. The monoisotopic (exact) mass is 272 g/mol. The van der Waals surface area contributed by atoms with Crippen molar-refractivity contribution >= 4 is 43.1 Å². The van der Waals surface area contributed by atoms with E-state index in [9.17, 15) is 5.11 Å². The Balaban J connectivity index is 2.18. The van der Waals surface area contributed by atoms with Gasteiger partial charge in [0.1, 0.15) is 5.75 Å². The number of hydrogen-bond acceptors (Lipinski definition) is 1. The van der Waals surface area contributed by atoms with Crippen molar-refractivity contribution in [3.63, 3.8) is 0 Å². The van der Waals surface area contributed by atoms with Crippen molar-refractivity contribution < 1.29 is 5.11 Å². The second kappa shape index (κ2) is 3.64. The van der Waals surface area contributed by atoms with Crippen LogP contribution in [0.1, 0.15) is 0 Å². The van der Waals surface area contributed by atoms with Gasteiger partial charge in [-0.15, -0.1) is 0 Å². The van der Waals surface area contributed by atoms with Crippen molar-refractivity contribution in [3.05, 3.63) is 66.7 Å². The molecule has 0 amide bonds. The standard InChI is InChI=1S/C20H12O/c21-16-7-9-17-15(11-16)10-14-5-4-12-2-1-3-13-6-8-18(17)20(14)19(12)13/h1-11,21H/i4+1,5+1,6+1,8+1. The smallest absolute Gasteiger partial charge is 0.116 e. The molecule has 5 rings (SSSR count). The fourth-order valence-corrected chi connectivity index (χ4v) is 3.54. The molecule has 21 heavy (non-hydrogen) atoms. The molecule has 0 heterocycles. The van der Waals surface area contributed by atoms with Crippen molar-refractivity contribution in [2.24, 2.45) is 0 Å². The number of phenols is 1. The van der Waals surface area contributed by atoms with Crippen LogP contribution in [0.25, 0.3) is 43.1 Å². The zero-order chi connectivity index (χ0) is 14.0. The Labute approximate surface area is 121 Å². The molecular formula is C20H12O. The highest BCUT2D eigenvalue weighted by Crippen LogP contribution is 2.38. The van der Waals surface area contributed by atoms with Gasteiger partial charge in [-0.05, 0) is 61.3 Å². The third-order valence-electron chi connectivity index (χ3n) is 4.45. The van der Waals surface area contributed by atoms with Gasteiger partial charge in [-0.3, -0.25) is 0 Å². The second-order valence-corrected chi connectivity index (χ2v) is 5.64. The van der Waals surface area contributed by atoms with Crippen LogP contribution in [0, 0.1) is 0 Å². The van der Waals surface area contributed by atoms with E-state index < -0.39 is 0 Å². The lowest BCUT2D eigenvalue weighted by Crippen LogP contribution is -1.85. The Bertz CT molecular complexity index is 1120. The minimum atomic E-state index is 0.315. The van der Waals surface area contributed by atoms with Gasteiger partial charge in [0.25, 0.3) is 0 Å². The average Bonchev–Trinajstić information content (AvgIpc) is 2.51. The van der Waals surface area contributed by atoms with E-state index in [1.54, 1.807) is 6.07 Å². The van der Waals surface area contributed by atoms with Gasteiger partial charge in [0.05, 0.1) is 0 Å². The first-order valence-electron chi connectivity index (χ1n) is 7.10. The van der Waals surface area contributed by atoms with Gasteiger partial charge in [-0.25, -0.2) is 0 Å². The summed E-state index contributed by atoms with van der Waals surface area (Å²) in [4.78, 5) is 0. The predicted octanol–water partition coefficient (Wildman–Crippen LogP) is 5.44. The van der Waals surface area contributed by atoms with Crippen LogP contribution in [0.15, 0.2) is 66.7 Å². The molecule has 1 heteroatoms. The normalized spacial score (nSPS) is 12.0. The molecule has 5 aromatic carbocycles. The van der Waals surface area contributed by atoms with Crippen molar-refractivity contribution in [1.82, 2.24) is 0 Å². The van der Waals surface area contributed by atoms with Crippen molar-refractivity contribution in [3.8, 4) is 5.75 Å². The van der Waals surface area contributed by atoms with E-state index in [0.29, 0.717) is 5.75 Å². The zero-order valence-electron chi connectivity index (χ0n) is 11.3. The minimum Gasteiger partial charge on any atom is -0.508 e. The van der Waals surface area contributed by atoms with Crippen LogP contribution in [0.5, 0.6) is 5.75 Å². The van der Waals surface area contributed by atoms with E-state index >= 15 is 0 Å². The van der Waals surface area contributed by atoms with Crippen LogP contribution in [0.2, 0.25) is 0 Å². The molecule has 0 fully saturated rings. The SMILES string of the molecule is Oc1ccc2c(c1)cc1[13cH][13cH]c3cccc4[13cH][13cH]c2c1c34. The molecule has 0 aromatic heterocycles. The molecule has 0 saturated heterocycles. The van der Waals surface area contributed by atoms with Crippen LogP contribution in [-0.2, 0) is 0 Å². The predicted molar refractivity (Wildman–Crippen MR) is 89.3 cm³/mol. The van der Waals surface area contributed by atoms with Crippen molar-refractivity contribution in [2.75, 3.05) is 0 Å². The van der Waals surface area contributed by atoms with E-state index in [2.05, 4.69) is 48.5 Å². The summed E-state index contributed by atoms with van der Waals surface area (Å²) >= 11 is 0. The first-order valence-corrected chi connectivity index (χ1v) is 7.10. The highest BCUT2D eigenvalue weighted by molar-refractivity contribution is 6.28. The zero-order valence-corrected chi connectivity index (χ0v) is 11.3. The third kappa shape index (κ3) is 1.35. The highest BCUT2D eigenvalue weighted by Gasteiger charge is 2.10. The van der Waals surface area contributed by atoms with Crippen molar-refractivity contribution in [2.45, 2.75) is 0 Å². The lowest BCUT2D eigenvalue weighted by Gasteiger charge is -2.13. The Kier molecular flexibility index (Phi) is 1.90. The van der Waals surface area contributed by atoms with Crippen LogP contribution in [0.3, 0.4) is 0 Å². The summed E-state index contributed by atoms with van der Waals surface area (Å²) in [5, 5.41) is 19.7. The fourth-order valence-electron chi connectivity index (χ4n) is 3.54. The third-order valence-corrected chi connectivity index (χ3v) is 4.45. The molecule has 5 aromatic rings. The molecule has 0 bridgehead atoms. The van der Waals surface area contributed by atoms with Gasteiger partial charge in [-0.2, -0.15) is 0 Å². The summed E-state index contributed by atoms with van der Waals surface area (Å²) < 4.78 is 0. The summed E-state index contributed by atoms with van der Waals surface area (Å²) in [6, 6.07) is 23.0. The van der Waals surface area contributed by atoms with Crippen LogP contribution in [-0.4, -0.2) is 5.11 Å². The minimum absolute atomic E-state index is 0.315. The lowest BCUT2D eigenvalue weighted by atomic mass is 9.98. The quantitative estimate of drug-likeness (QED) is 0.294. The summed E-state index contributed by atoms with van der Waals surface area (Å²) in [5.74, 6) is 0.315. The number of aromatic hydroxyl groups is 1. The fraction of sp³-hybridized carbons (Fsp3) is 0. The van der Waals surface area contributed by atoms with Crippen LogP contribution < -0.4 is 0 Å². The van der Waals surface area contributed by atoms with Gasteiger partial charge in [0.2, 0.25) is 0 Å². The van der Waals surface area contributed by atoms with E-state index in [-0.39, 0.29) is 0 Å². The van der Waals surface area contributed by atoms with Gasteiger partial charge in [0, 0.05) is 0 Å². The summed E-state index contributed by atoms with van der Waals surface area (Å²) in [7, 11) is 0. The van der Waals surface area contributed by atoms with Gasteiger partial charge >= 0.3 is 0 Å². The lowest BCUT2D eigenvalue weighted by molar-refractivity contribution is 0.476. The molecule has 0 radical (unpaired) electrons. The molecular weight excluding hydrogens is 260 g/mol. The molecule has 98 valence electrons. The van der Waals surface area contributed by atoms with Crippen LogP contribution >= 0.6 is 0 Å². The molecule has 1 N–H and O–H groups in total. The largest absolute Gasteiger partial charge is 0.508 e. The van der Waals surface area contributed by atoms with Gasteiger partial charge < -0.3 is 5.11 Å². The number of phenolic OH excluding ortho intramolecular Hbond substituents is 1. The number of fused-ring (bicyclic) bond motifs is 2.